The van der Waals surface area contributed by atoms with Gasteiger partial charge in [-0.3, -0.25) is 0 Å². The molecule has 0 amide bonds. The number of hydrogen-bond acceptors (Lipinski definition) is 1. The highest BCUT2D eigenvalue weighted by molar-refractivity contribution is 5.04. The molecule has 2 N–H and O–H groups in total. The van der Waals surface area contributed by atoms with Crippen molar-refractivity contribution in [2.75, 3.05) is 0 Å². The second kappa shape index (κ2) is 2.63. The van der Waals surface area contributed by atoms with Gasteiger partial charge in [0, 0.05) is 5.54 Å². The lowest BCUT2D eigenvalue weighted by molar-refractivity contribution is 0.143. The van der Waals surface area contributed by atoms with Crippen molar-refractivity contribution in [1.82, 2.24) is 0 Å². The molecule has 0 bridgehead atoms. The fourth-order valence-electron chi connectivity index (χ4n) is 2.31. The summed E-state index contributed by atoms with van der Waals surface area (Å²) in [5, 5.41) is 0. The monoisotopic (exact) mass is 151 g/mol. The molecule has 1 heteroatoms. The van der Waals surface area contributed by atoms with Crippen LogP contribution in [0.3, 0.4) is 0 Å². The Morgan fingerprint density at radius 3 is 2.55 bits per heavy atom. The number of rotatable bonds is 1. The quantitative estimate of drug-likeness (QED) is 0.571. The minimum atomic E-state index is 0.241. The van der Waals surface area contributed by atoms with Gasteiger partial charge in [0.05, 0.1) is 0 Å². The van der Waals surface area contributed by atoms with E-state index in [1.807, 2.05) is 0 Å². The summed E-state index contributed by atoms with van der Waals surface area (Å²) in [7, 11) is 0. The van der Waals surface area contributed by atoms with E-state index in [4.69, 9.17) is 5.73 Å². The smallest absolute Gasteiger partial charge is 0.0185 e. The maximum absolute atomic E-state index is 6.24. The summed E-state index contributed by atoms with van der Waals surface area (Å²) >= 11 is 0. The summed E-state index contributed by atoms with van der Waals surface area (Å²) in [6, 6.07) is 0. The molecular weight excluding hydrogens is 134 g/mol. The third-order valence-electron chi connectivity index (χ3n) is 3.37. The molecule has 2 aliphatic rings. The van der Waals surface area contributed by atoms with Gasteiger partial charge in [-0.2, -0.15) is 0 Å². The molecule has 2 rings (SSSR count). The van der Waals surface area contributed by atoms with Gasteiger partial charge in [-0.1, -0.05) is 12.2 Å². The number of nitrogens with two attached hydrogens (primary N) is 1. The van der Waals surface area contributed by atoms with E-state index in [0.717, 1.165) is 5.92 Å². The zero-order chi connectivity index (χ0) is 7.73. The Balaban J connectivity index is 1.98. The van der Waals surface area contributed by atoms with Gasteiger partial charge in [-0.15, -0.1) is 0 Å². The van der Waals surface area contributed by atoms with Crippen molar-refractivity contribution < 1.29 is 0 Å². The summed E-state index contributed by atoms with van der Waals surface area (Å²) in [5.74, 6) is 0.793. The normalized spacial score (nSPS) is 34.8. The van der Waals surface area contributed by atoms with Crippen LogP contribution in [0.5, 0.6) is 0 Å². The van der Waals surface area contributed by atoms with E-state index in [1.54, 1.807) is 0 Å². The summed E-state index contributed by atoms with van der Waals surface area (Å²) in [6.45, 7) is 0. The molecule has 0 spiro atoms. The van der Waals surface area contributed by atoms with E-state index < -0.39 is 0 Å². The molecule has 2 aliphatic carbocycles. The molecule has 0 saturated heterocycles. The van der Waals surface area contributed by atoms with Gasteiger partial charge in [0.15, 0.2) is 0 Å². The van der Waals surface area contributed by atoms with Crippen molar-refractivity contribution in [1.29, 1.82) is 0 Å². The average Bonchev–Trinajstić information content (AvgIpc) is 2.02. The molecule has 1 atom stereocenters. The zero-order valence-corrected chi connectivity index (χ0v) is 7.05. The largest absolute Gasteiger partial charge is 0.325 e. The molecule has 1 unspecified atom stereocenters. The highest BCUT2D eigenvalue weighted by Crippen LogP contribution is 2.41. The molecule has 1 nitrogen and oxygen atoms in total. The Bertz CT molecular complexity index is 168. The highest BCUT2D eigenvalue weighted by Gasteiger charge is 2.39. The van der Waals surface area contributed by atoms with Crippen LogP contribution in [0.1, 0.15) is 38.5 Å². The van der Waals surface area contributed by atoms with Crippen LogP contribution in [0.25, 0.3) is 0 Å². The minimum absolute atomic E-state index is 0.241. The lowest BCUT2D eigenvalue weighted by Gasteiger charge is -2.45. The van der Waals surface area contributed by atoms with Crippen molar-refractivity contribution in [2.45, 2.75) is 44.1 Å². The minimum Gasteiger partial charge on any atom is -0.325 e. The third-order valence-corrected chi connectivity index (χ3v) is 3.37. The molecule has 11 heavy (non-hydrogen) atoms. The Hall–Kier alpha value is -0.300. The Morgan fingerprint density at radius 1 is 1.27 bits per heavy atom. The lowest BCUT2D eigenvalue weighted by Crippen LogP contribution is -2.53. The average molecular weight is 151 g/mol. The Kier molecular flexibility index (Phi) is 1.76. The van der Waals surface area contributed by atoms with Crippen LogP contribution in [0.15, 0.2) is 12.2 Å². The van der Waals surface area contributed by atoms with E-state index >= 15 is 0 Å². The van der Waals surface area contributed by atoms with Crippen molar-refractivity contribution >= 4 is 0 Å². The van der Waals surface area contributed by atoms with Gasteiger partial charge in [-0.05, 0) is 44.4 Å². The molecule has 0 heterocycles. The first-order valence-corrected chi connectivity index (χ1v) is 4.75. The highest BCUT2D eigenvalue weighted by atomic mass is 14.8. The van der Waals surface area contributed by atoms with Gasteiger partial charge in [0.1, 0.15) is 0 Å². The van der Waals surface area contributed by atoms with Gasteiger partial charge >= 0.3 is 0 Å². The van der Waals surface area contributed by atoms with E-state index in [0.29, 0.717) is 0 Å². The van der Waals surface area contributed by atoms with Crippen molar-refractivity contribution in [2.24, 2.45) is 11.7 Å². The SMILES string of the molecule is NC1(C2CC=CCC2)CCC1. The second-order valence-electron chi connectivity index (χ2n) is 4.07. The Labute approximate surface area is 68.7 Å². The van der Waals surface area contributed by atoms with Crippen LogP contribution in [0.4, 0.5) is 0 Å². The molecule has 0 aromatic carbocycles. The first-order chi connectivity index (χ1) is 5.31. The molecule has 1 saturated carbocycles. The van der Waals surface area contributed by atoms with Gasteiger partial charge in [0.25, 0.3) is 0 Å². The van der Waals surface area contributed by atoms with Crippen molar-refractivity contribution in [3.63, 3.8) is 0 Å². The van der Waals surface area contributed by atoms with Crippen LogP contribution in [0.2, 0.25) is 0 Å². The molecule has 62 valence electrons. The summed E-state index contributed by atoms with van der Waals surface area (Å²) in [5.41, 5.74) is 6.48. The molecule has 1 fully saturated rings. The Morgan fingerprint density at radius 2 is 2.09 bits per heavy atom. The van der Waals surface area contributed by atoms with Crippen LogP contribution in [0, 0.1) is 5.92 Å². The van der Waals surface area contributed by atoms with Crippen LogP contribution in [-0.4, -0.2) is 5.54 Å². The topological polar surface area (TPSA) is 26.0 Å². The van der Waals surface area contributed by atoms with E-state index in [1.165, 1.54) is 38.5 Å². The molecule has 0 radical (unpaired) electrons. The lowest BCUT2D eigenvalue weighted by atomic mass is 9.65. The molecule has 0 aliphatic heterocycles. The summed E-state index contributed by atoms with van der Waals surface area (Å²) in [4.78, 5) is 0. The fraction of sp³-hybridized carbons (Fsp3) is 0.800. The van der Waals surface area contributed by atoms with Crippen LogP contribution < -0.4 is 5.73 Å². The van der Waals surface area contributed by atoms with E-state index in [2.05, 4.69) is 12.2 Å². The first-order valence-electron chi connectivity index (χ1n) is 4.75. The molecular formula is C10H17N. The third kappa shape index (κ3) is 1.22. The van der Waals surface area contributed by atoms with Gasteiger partial charge in [-0.25, -0.2) is 0 Å². The summed E-state index contributed by atoms with van der Waals surface area (Å²) in [6.07, 6.45) is 12.3. The number of allylic oxidation sites excluding steroid dienone is 2. The fourth-order valence-corrected chi connectivity index (χ4v) is 2.31. The van der Waals surface area contributed by atoms with Crippen LogP contribution in [-0.2, 0) is 0 Å². The van der Waals surface area contributed by atoms with Crippen molar-refractivity contribution in [3.05, 3.63) is 12.2 Å². The zero-order valence-electron chi connectivity index (χ0n) is 7.05. The molecule has 0 aromatic rings. The second-order valence-corrected chi connectivity index (χ2v) is 4.07. The predicted molar refractivity (Wildman–Crippen MR) is 47.3 cm³/mol. The van der Waals surface area contributed by atoms with E-state index in [-0.39, 0.29) is 5.54 Å². The maximum atomic E-state index is 6.24. The molecule has 0 aromatic heterocycles. The van der Waals surface area contributed by atoms with Crippen LogP contribution >= 0.6 is 0 Å². The standard InChI is InChI=1S/C10H17N/c11-10(7-4-8-10)9-5-2-1-3-6-9/h1-2,9H,3-8,11H2. The van der Waals surface area contributed by atoms with E-state index in [9.17, 15) is 0 Å². The van der Waals surface area contributed by atoms with Crippen molar-refractivity contribution in [3.8, 4) is 0 Å². The summed E-state index contributed by atoms with van der Waals surface area (Å²) < 4.78 is 0. The number of hydrogen-bond donors (Lipinski definition) is 1. The van der Waals surface area contributed by atoms with Gasteiger partial charge < -0.3 is 5.73 Å². The van der Waals surface area contributed by atoms with Gasteiger partial charge in [0.2, 0.25) is 0 Å². The maximum Gasteiger partial charge on any atom is 0.0185 e. The first kappa shape index (κ1) is 7.35. The predicted octanol–water partition coefficient (Wildman–Crippen LogP) is 2.22.